The lowest BCUT2D eigenvalue weighted by molar-refractivity contribution is 0.835. The molecule has 2 aromatic rings. The molecule has 3 heteroatoms. The van der Waals surface area contributed by atoms with Crippen molar-refractivity contribution in [3.8, 4) is 5.69 Å². The monoisotopic (exact) mass is 213 g/mol. The van der Waals surface area contributed by atoms with Gasteiger partial charge in [0.1, 0.15) is 0 Å². The summed E-state index contributed by atoms with van der Waals surface area (Å²) in [6, 6.07) is 10.3. The van der Waals surface area contributed by atoms with E-state index in [-0.39, 0.29) is 0 Å². The van der Waals surface area contributed by atoms with Gasteiger partial charge in [0.25, 0.3) is 0 Å². The van der Waals surface area contributed by atoms with Crippen LogP contribution in [0.2, 0.25) is 0 Å². The smallest absolute Gasteiger partial charge is 0.0659 e. The molecule has 1 heterocycles. The zero-order valence-electron chi connectivity index (χ0n) is 9.13. The van der Waals surface area contributed by atoms with Crippen molar-refractivity contribution in [1.29, 1.82) is 0 Å². The average Bonchev–Trinajstić information content (AvgIpc) is 3.07. The van der Waals surface area contributed by atoms with E-state index < -0.39 is 0 Å². The van der Waals surface area contributed by atoms with Crippen LogP contribution in [0.3, 0.4) is 0 Å². The molecule has 1 aliphatic carbocycles. The van der Waals surface area contributed by atoms with Crippen molar-refractivity contribution in [2.75, 3.05) is 0 Å². The molecule has 3 nitrogen and oxygen atoms in total. The molecule has 0 amide bonds. The van der Waals surface area contributed by atoms with Crippen LogP contribution in [0.5, 0.6) is 0 Å². The number of hydrogen-bond acceptors (Lipinski definition) is 2. The molecule has 0 spiro atoms. The molecular weight excluding hydrogens is 198 g/mol. The molecule has 1 aromatic heterocycles. The standard InChI is InChI=1S/C13H15N3/c14-9-10-2-1-3-12(8-10)16-7-6-13(15-16)11-4-5-11/h1-3,6-8,11H,4-5,9,14H2. The quantitative estimate of drug-likeness (QED) is 0.849. The predicted molar refractivity (Wildman–Crippen MR) is 63.4 cm³/mol. The molecule has 1 aromatic carbocycles. The van der Waals surface area contributed by atoms with E-state index in [2.05, 4.69) is 23.3 Å². The molecule has 2 N–H and O–H groups in total. The van der Waals surface area contributed by atoms with Crippen LogP contribution in [-0.2, 0) is 6.54 Å². The summed E-state index contributed by atoms with van der Waals surface area (Å²) < 4.78 is 1.94. The van der Waals surface area contributed by atoms with Gasteiger partial charge in [0.05, 0.1) is 11.4 Å². The second kappa shape index (κ2) is 3.76. The summed E-state index contributed by atoms with van der Waals surface area (Å²) in [5, 5.41) is 4.59. The summed E-state index contributed by atoms with van der Waals surface area (Å²) in [6.45, 7) is 0.574. The Balaban J connectivity index is 1.93. The first-order valence-corrected chi connectivity index (χ1v) is 5.72. The second-order valence-corrected chi connectivity index (χ2v) is 4.33. The van der Waals surface area contributed by atoms with Crippen LogP contribution in [0.1, 0.15) is 30.0 Å². The summed E-state index contributed by atoms with van der Waals surface area (Å²) in [7, 11) is 0. The molecule has 0 saturated heterocycles. The molecule has 0 unspecified atom stereocenters. The molecule has 0 radical (unpaired) electrons. The van der Waals surface area contributed by atoms with Crippen LogP contribution in [0.25, 0.3) is 5.69 Å². The minimum Gasteiger partial charge on any atom is -0.326 e. The lowest BCUT2D eigenvalue weighted by Crippen LogP contribution is -2.00. The molecule has 16 heavy (non-hydrogen) atoms. The van der Waals surface area contributed by atoms with Gasteiger partial charge < -0.3 is 5.73 Å². The lowest BCUT2D eigenvalue weighted by Gasteiger charge is -2.03. The van der Waals surface area contributed by atoms with E-state index in [4.69, 9.17) is 5.73 Å². The third-order valence-electron chi connectivity index (χ3n) is 3.02. The average molecular weight is 213 g/mol. The van der Waals surface area contributed by atoms with Gasteiger partial charge in [-0.1, -0.05) is 12.1 Å². The fourth-order valence-electron chi connectivity index (χ4n) is 1.90. The molecule has 1 aliphatic rings. The van der Waals surface area contributed by atoms with Gasteiger partial charge in [0.2, 0.25) is 0 Å². The Morgan fingerprint density at radius 3 is 2.94 bits per heavy atom. The molecule has 0 aliphatic heterocycles. The molecule has 0 bridgehead atoms. The van der Waals surface area contributed by atoms with Gasteiger partial charge in [-0.3, -0.25) is 0 Å². The van der Waals surface area contributed by atoms with Crippen molar-refractivity contribution in [3.05, 3.63) is 47.8 Å². The molecule has 3 rings (SSSR count). The molecule has 1 saturated carbocycles. The molecular formula is C13H15N3. The summed E-state index contributed by atoms with van der Waals surface area (Å²) in [5.74, 6) is 0.707. The van der Waals surface area contributed by atoms with Crippen LogP contribution < -0.4 is 5.73 Å². The van der Waals surface area contributed by atoms with Gasteiger partial charge in [0.15, 0.2) is 0 Å². The van der Waals surface area contributed by atoms with Crippen molar-refractivity contribution in [2.45, 2.75) is 25.3 Å². The maximum Gasteiger partial charge on any atom is 0.0659 e. The minimum absolute atomic E-state index is 0.574. The number of benzene rings is 1. The van der Waals surface area contributed by atoms with Crippen LogP contribution >= 0.6 is 0 Å². The molecule has 0 atom stereocenters. The van der Waals surface area contributed by atoms with Gasteiger partial charge >= 0.3 is 0 Å². The van der Waals surface area contributed by atoms with Gasteiger partial charge in [-0.15, -0.1) is 0 Å². The van der Waals surface area contributed by atoms with Crippen molar-refractivity contribution < 1.29 is 0 Å². The van der Waals surface area contributed by atoms with E-state index in [1.807, 2.05) is 23.0 Å². The SMILES string of the molecule is NCc1cccc(-n2ccc(C3CC3)n2)c1. The largest absolute Gasteiger partial charge is 0.326 e. The maximum absolute atomic E-state index is 5.63. The fourth-order valence-corrected chi connectivity index (χ4v) is 1.90. The van der Waals surface area contributed by atoms with Crippen LogP contribution in [-0.4, -0.2) is 9.78 Å². The highest BCUT2D eigenvalue weighted by molar-refractivity contribution is 5.35. The van der Waals surface area contributed by atoms with Crippen molar-refractivity contribution >= 4 is 0 Å². The van der Waals surface area contributed by atoms with Crippen molar-refractivity contribution in [2.24, 2.45) is 5.73 Å². The number of aromatic nitrogens is 2. The van der Waals surface area contributed by atoms with Crippen LogP contribution in [0, 0.1) is 0 Å². The number of nitrogens with two attached hydrogens (primary N) is 1. The van der Waals surface area contributed by atoms with Crippen LogP contribution in [0.15, 0.2) is 36.5 Å². The summed E-state index contributed by atoms with van der Waals surface area (Å²) >= 11 is 0. The first-order valence-electron chi connectivity index (χ1n) is 5.72. The summed E-state index contributed by atoms with van der Waals surface area (Å²) in [6.07, 6.45) is 4.61. The van der Waals surface area contributed by atoms with Gasteiger partial charge in [-0.25, -0.2) is 4.68 Å². The zero-order valence-corrected chi connectivity index (χ0v) is 9.13. The Morgan fingerprint density at radius 1 is 1.31 bits per heavy atom. The molecule has 1 fully saturated rings. The number of hydrogen-bond donors (Lipinski definition) is 1. The highest BCUT2D eigenvalue weighted by Crippen LogP contribution is 2.38. The van der Waals surface area contributed by atoms with E-state index in [0.29, 0.717) is 12.5 Å². The minimum atomic E-state index is 0.574. The topological polar surface area (TPSA) is 43.8 Å². The third-order valence-corrected chi connectivity index (χ3v) is 3.02. The predicted octanol–water partition coefficient (Wildman–Crippen LogP) is 2.21. The Bertz CT molecular complexity index is 497. The zero-order chi connectivity index (χ0) is 11.0. The Morgan fingerprint density at radius 2 is 2.19 bits per heavy atom. The van der Waals surface area contributed by atoms with E-state index >= 15 is 0 Å². The van der Waals surface area contributed by atoms with Crippen molar-refractivity contribution in [1.82, 2.24) is 9.78 Å². The Kier molecular flexibility index (Phi) is 2.26. The highest BCUT2D eigenvalue weighted by Gasteiger charge is 2.25. The Labute approximate surface area is 94.9 Å². The van der Waals surface area contributed by atoms with Crippen LogP contribution in [0.4, 0.5) is 0 Å². The van der Waals surface area contributed by atoms with Gasteiger partial charge in [-0.2, -0.15) is 5.10 Å². The first kappa shape index (κ1) is 9.60. The van der Waals surface area contributed by atoms with Gasteiger partial charge in [-0.05, 0) is 36.6 Å². The van der Waals surface area contributed by atoms with E-state index in [0.717, 1.165) is 11.3 Å². The highest BCUT2D eigenvalue weighted by atomic mass is 15.3. The summed E-state index contributed by atoms with van der Waals surface area (Å²) in [4.78, 5) is 0. The summed E-state index contributed by atoms with van der Waals surface area (Å²) in [5.41, 5.74) is 9.08. The Hall–Kier alpha value is -1.61. The van der Waals surface area contributed by atoms with E-state index in [9.17, 15) is 0 Å². The van der Waals surface area contributed by atoms with Gasteiger partial charge in [0, 0.05) is 18.7 Å². The molecule has 82 valence electrons. The number of nitrogens with zero attached hydrogens (tertiary/aromatic N) is 2. The first-order chi connectivity index (χ1) is 7.86. The fraction of sp³-hybridized carbons (Fsp3) is 0.308. The lowest BCUT2D eigenvalue weighted by atomic mass is 10.2. The third kappa shape index (κ3) is 1.74. The second-order valence-electron chi connectivity index (χ2n) is 4.33. The normalized spacial score (nSPS) is 15.3. The van der Waals surface area contributed by atoms with E-state index in [1.165, 1.54) is 18.5 Å². The van der Waals surface area contributed by atoms with Crippen molar-refractivity contribution in [3.63, 3.8) is 0 Å². The number of rotatable bonds is 3. The van der Waals surface area contributed by atoms with E-state index in [1.54, 1.807) is 0 Å². The maximum atomic E-state index is 5.63.